The Hall–Kier alpha value is -1.83. The van der Waals surface area contributed by atoms with Crippen LogP contribution in [-0.2, 0) is 0 Å². The van der Waals surface area contributed by atoms with Crippen molar-refractivity contribution in [3.05, 3.63) is 18.2 Å². The summed E-state index contributed by atoms with van der Waals surface area (Å²) in [5.41, 5.74) is 6.49. The average Bonchev–Trinajstić information content (AvgIpc) is 2.77. The highest BCUT2D eigenvalue weighted by Crippen LogP contribution is 2.19. The van der Waals surface area contributed by atoms with Crippen LogP contribution in [0.25, 0.3) is 11.0 Å². The largest absolute Gasteiger partial charge is 0.399 e. The number of benzene rings is 1. The molecule has 1 aromatic heterocycles. The molecule has 0 amide bonds. The average molecular weight is 252 g/mol. The lowest BCUT2D eigenvalue weighted by Gasteiger charge is -2.28. The number of aliphatic hydroxyl groups excluding tert-OH is 3. The summed E-state index contributed by atoms with van der Waals surface area (Å²) in [4.78, 5) is 7.19. The number of imidazole rings is 1. The van der Waals surface area contributed by atoms with Gasteiger partial charge in [-0.1, -0.05) is 0 Å². The number of nitrogen functional groups attached to an aromatic ring is 1. The molecule has 0 bridgehead atoms. The maximum atomic E-state index is 9.21. The van der Waals surface area contributed by atoms with Crippen LogP contribution in [0.5, 0.6) is 0 Å². The summed E-state index contributed by atoms with van der Waals surface area (Å²) in [7, 11) is 0. The van der Waals surface area contributed by atoms with E-state index in [4.69, 9.17) is 5.73 Å². The molecule has 1 heterocycles. The molecule has 0 aliphatic heterocycles. The molecule has 18 heavy (non-hydrogen) atoms. The number of fused-ring (bicyclic) bond motifs is 1. The molecule has 7 nitrogen and oxygen atoms in total. The van der Waals surface area contributed by atoms with Gasteiger partial charge in [-0.25, -0.2) is 4.98 Å². The molecule has 7 N–H and O–H groups in total. The van der Waals surface area contributed by atoms with Gasteiger partial charge in [0.15, 0.2) is 0 Å². The van der Waals surface area contributed by atoms with Crippen LogP contribution in [0, 0.1) is 0 Å². The second-order valence-corrected chi connectivity index (χ2v) is 4.24. The highest BCUT2D eigenvalue weighted by molar-refractivity contribution is 5.80. The Bertz CT molecular complexity index is 528. The van der Waals surface area contributed by atoms with Crippen LogP contribution in [-0.4, -0.2) is 50.6 Å². The number of H-pyrrole nitrogens is 1. The zero-order chi connectivity index (χ0) is 13.2. The lowest BCUT2D eigenvalue weighted by Crippen LogP contribution is -2.49. The van der Waals surface area contributed by atoms with E-state index in [1.165, 1.54) is 0 Å². The van der Waals surface area contributed by atoms with Crippen molar-refractivity contribution in [2.24, 2.45) is 0 Å². The third-order valence-corrected chi connectivity index (χ3v) is 2.80. The summed E-state index contributed by atoms with van der Waals surface area (Å²) in [6.07, 6.45) is 0. The van der Waals surface area contributed by atoms with Gasteiger partial charge in [0, 0.05) is 5.69 Å². The van der Waals surface area contributed by atoms with Gasteiger partial charge in [0.25, 0.3) is 0 Å². The topological polar surface area (TPSA) is 127 Å². The Labute approximate surface area is 103 Å². The zero-order valence-electron chi connectivity index (χ0n) is 9.72. The van der Waals surface area contributed by atoms with E-state index in [-0.39, 0.29) is 0 Å². The smallest absolute Gasteiger partial charge is 0.201 e. The third-order valence-electron chi connectivity index (χ3n) is 2.80. The molecule has 0 aliphatic rings. The SMILES string of the molecule is Nc1ccc2nc(NC(CO)(CO)CO)[nH]c2c1. The number of aromatic amines is 1. The van der Waals surface area contributed by atoms with Gasteiger partial charge in [-0.15, -0.1) is 0 Å². The molecule has 0 fully saturated rings. The molecule has 0 spiro atoms. The van der Waals surface area contributed by atoms with Crippen molar-refractivity contribution in [1.82, 2.24) is 9.97 Å². The highest BCUT2D eigenvalue weighted by Gasteiger charge is 2.28. The monoisotopic (exact) mass is 252 g/mol. The number of anilines is 2. The Balaban J connectivity index is 2.31. The zero-order valence-corrected chi connectivity index (χ0v) is 9.72. The van der Waals surface area contributed by atoms with Gasteiger partial charge in [0.2, 0.25) is 5.95 Å². The Morgan fingerprint density at radius 1 is 1.22 bits per heavy atom. The summed E-state index contributed by atoms with van der Waals surface area (Å²) < 4.78 is 0. The normalized spacial score (nSPS) is 11.9. The van der Waals surface area contributed by atoms with Gasteiger partial charge < -0.3 is 31.4 Å². The molecule has 0 aliphatic carbocycles. The standard InChI is InChI=1S/C11H16N4O3/c12-7-1-2-8-9(3-7)14-10(13-8)15-11(4-16,5-17)6-18/h1-3,16-18H,4-6,12H2,(H2,13,14,15). The molecule has 0 radical (unpaired) electrons. The fourth-order valence-electron chi connectivity index (χ4n) is 1.61. The van der Waals surface area contributed by atoms with E-state index in [0.717, 1.165) is 5.52 Å². The molecule has 2 aromatic rings. The minimum atomic E-state index is -1.21. The first kappa shape index (κ1) is 12.6. The van der Waals surface area contributed by atoms with Crippen LogP contribution in [0.15, 0.2) is 18.2 Å². The van der Waals surface area contributed by atoms with Gasteiger partial charge >= 0.3 is 0 Å². The summed E-state index contributed by atoms with van der Waals surface area (Å²) in [6.45, 7) is -1.25. The van der Waals surface area contributed by atoms with E-state index in [0.29, 0.717) is 17.2 Å². The van der Waals surface area contributed by atoms with Crippen molar-refractivity contribution in [2.45, 2.75) is 5.54 Å². The number of aliphatic hydroxyl groups is 3. The summed E-state index contributed by atoms with van der Waals surface area (Å²) >= 11 is 0. The number of hydrogen-bond acceptors (Lipinski definition) is 6. The van der Waals surface area contributed by atoms with Gasteiger partial charge in [-0.3, -0.25) is 0 Å². The van der Waals surface area contributed by atoms with E-state index < -0.39 is 25.4 Å². The molecule has 98 valence electrons. The Morgan fingerprint density at radius 3 is 2.50 bits per heavy atom. The first-order valence-electron chi connectivity index (χ1n) is 5.48. The molecule has 2 rings (SSSR count). The number of rotatable bonds is 5. The lowest BCUT2D eigenvalue weighted by atomic mass is 10.0. The predicted molar refractivity (Wildman–Crippen MR) is 68.1 cm³/mol. The first-order chi connectivity index (χ1) is 8.62. The summed E-state index contributed by atoms with van der Waals surface area (Å²) in [6, 6.07) is 5.21. The van der Waals surface area contributed by atoms with Crippen molar-refractivity contribution < 1.29 is 15.3 Å². The molecular weight excluding hydrogens is 236 g/mol. The third kappa shape index (κ3) is 2.23. The van der Waals surface area contributed by atoms with Crippen molar-refractivity contribution in [3.8, 4) is 0 Å². The summed E-state index contributed by atoms with van der Waals surface area (Å²) in [5, 5.41) is 30.4. The van der Waals surface area contributed by atoms with Gasteiger partial charge in [0.05, 0.1) is 30.9 Å². The van der Waals surface area contributed by atoms with Crippen LogP contribution in [0.3, 0.4) is 0 Å². The van der Waals surface area contributed by atoms with E-state index in [1.54, 1.807) is 18.2 Å². The van der Waals surface area contributed by atoms with Gasteiger partial charge in [-0.05, 0) is 18.2 Å². The van der Waals surface area contributed by atoms with Crippen molar-refractivity contribution >= 4 is 22.7 Å². The molecule has 0 atom stereocenters. The second kappa shape index (κ2) is 4.81. The van der Waals surface area contributed by atoms with E-state index in [1.807, 2.05) is 0 Å². The van der Waals surface area contributed by atoms with Crippen LogP contribution in [0.2, 0.25) is 0 Å². The molecular formula is C11H16N4O3. The lowest BCUT2D eigenvalue weighted by molar-refractivity contribution is 0.0829. The van der Waals surface area contributed by atoms with Gasteiger partial charge in [0.1, 0.15) is 5.54 Å². The highest BCUT2D eigenvalue weighted by atomic mass is 16.3. The van der Waals surface area contributed by atoms with E-state index >= 15 is 0 Å². The van der Waals surface area contributed by atoms with Gasteiger partial charge in [-0.2, -0.15) is 0 Å². The molecule has 0 unspecified atom stereocenters. The summed E-state index contributed by atoms with van der Waals surface area (Å²) in [5.74, 6) is 0.354. The maximum Gasteiger partial charge on any atom is 0.201 e. The van der Waals surface area contributed by atoms with Crippen molar-refractivity contribution in [1.29, 1.82) is 0 Å². The maximum absolute atomic E-state index is 9.21. The minimum absolute atomic E-state index is 0.354. The quantitative estimate of drug-likeness (QED) is 0.389. The van der Waals surface area contributed by atoms with Crippen LogP contribution in [0.4, 0.5) is 11.6 Å². The molecule has 0 saturated carbocycles. The molecule has 0 saturated heterocycles. The number of hydrogen-bond donors (Lipinski definition) is 6. The second-order valence-electron chi connectivity index (χ2n) is 4.24. The van der Waals surface area contributed by atoms with Crippen molar-refractivity contribution in [2.75, 3.05) is 30.9 Å². The van der Waals surface area contributed by atoms with Crippen LogP contribution in [0.1, 0.15) is 0 Å². The van der Waals surface area contributed by atoms with E-state index in [2.05, 4.69) is 15.3 Å². The van der Waals surface area contributed by atoms with Crippen LogP contribution < -0.4 is 11.1 Å². The fourth-order valence-corrected chi connectivity index (χ4v) is 1.61. The minimum Gasteiger partial charge on any atom is -0.399 e. The number of nitrogens with two attached hydrogens (primary N) is 1. The van der Waals surface area contributed by atoms with E-state index in [9.17, 15) is 15.3 Å². The Morgan fingerprint density at radius 2 is 1.89 bits per heavy atom. The first-order valence-corrected chi connectivity index (χ1v) is 5.48. The van der Waals surface area contributed by atoms with Crippen molar-refractivity contribution in [3.63, 3.8) is 0 Å². The number of nitrogens with zero attached hydrogens (tertiary/aromatic N) is 1. The molecule has 1 aromatic carbocycles. The fraction of sp³-hybridized carbons (Fsp3) is 0.364. The number of nitrogens with one attached hydrogen (secondary N) is 2. The number of aromatic nitrogens is 2. The Kier molecular flexibility index (Phi) is 3.37. The van der Waals surface area contributed by atoms with Crippen LogP contribution >= 0.6 is 0 Å². The predicted octanol–water partition coefficient (Wildman–Crippen LogP) is -0.727. The molecule has 7 heteroatoms.